The van der Waals surface area contributed by atoms with E-state index in [1.54, 1.807) is 0 Å². The lowest BCUT2D eigenvalue weighted by Gasteiger charge is -2.16. The number of esters is 1. The molecule has 7 nitrogen and oxygen atoms in total. The number of aromatic nitrogens is 2. The van der Waals surface area contributed by atoms with Gasteiger partial charge in [-0.25, -0.2) is 4.98 Å². The molecule has 1 aromatic heterocycles. The number of nitrogens with zero attached hydrogens (tertiary/aromatic N) is 1. The normalized spacial score (nSPS) is 12.1. The second-order valence-electron chi connectivity index (χ2n) is 6.79. The molecule has 3 aromatic rings. The van der Waals surface area contributed by atoms with E-state index >= 15 is 0 Å². The number of rotatable bonds is 7. The average Bonchev–Trinajstić information content (AvgIpc) is 3.31. The topological polar surface area (TPSA) is 101 Å². The first kappa shape index (κ1) is 22.7. The van der Waals surface area contributed by atoms with E-state index in [9.17, 15) is 27.6 Å². The number of alkyl halides is 3. The number of H-pyrrole nitrogens is 1. The number of halogens is 3. The number of benzene rings is 2. The van der Waals surface area contributed by atoms with Crippen LogP contribution in [0, 0.1) is 0 Å². The first-order valence-electron chi connectivity index (χ1n) is 9.38. The number of imidazole rings is 1. The molecule has 0 aliphatic rings. The Morgan fingerprint density at radius 2 is 1.72 bits per heavy atom. The number of anilines is 1. The number of carbonyl (C=O) groups is 3. The number of hydrogen-bond donors (Lipinski definition) is 2. The molecule has 0 aliphatic carbocycles. The van der Waals surface area contributed by atoms with Gasteiger partial charge >= 0.3 is 12.1 Å². The molecule has 0 saturated heterocycles. The van der Waals surface area contributed by atoms with E-state index in [0.717, 1.165) is 31.4 Å². The van der Waals surface area contributed by atoms with Gasteiger partial charge in [0, 0.05) is 30.1 Å². The van der Waals surface area contributed by atoms with Crippen molar-refractivity contribution in [2.45, 2.75) is 18.5 Å². The Kier molecular flexibility index (Phi) is 6.72. The van der Waals surface area contributed by atoms with Crippen molar-refractivity contribution in [2.75, 3.05) is 12.4 Å². The van der Waals surface area contributed by atoms with Crippen LogP contribution < -0.4 is 5.32 Å². The van der Waals surface area contributed by atoms with E-state index in [1.165, 1.54) is 36.7 Å². The van der Waals surface area contributed by atoms with Crippen molar-refractivity contribution in [3.63, 3.8) is 0 Å². The Balaban J connectivity index is 1.69. The van der Waals surface area contributed by atoms with E-state index < -0.39 is 29.5 Å². The molecule has 2 aromatic carbocycles. The molecule has 166 valence electrons. The molecule has 3 rings (SSSR count). The highest BCUT2D eigenvalue weighted by molar-refractivity contribution is 6.06. The molecule has 0 radical (unpaired) electrons. The van der Waals surface area contributed by atoms with Gasteiger partial charge in [-0.2, -0.15) is 13.2 Å². The Bertz CT molecular complexity index is 1090. The first-order valence-corrected chi connectivity index (χ1v) is 9.38. The smallest absolute Gasteiger partial charge is 0.416 e. The highest BCUT2D eigenvalue weighted by Gasteiger charge is 2.31. The van der Waals surface area contributed by atoms with E-state index in [2.05, 4.69) is 15.3 Å². The molecule has 10 heteroatoms. The molecule has 1 unspecified atom stereocenters. The number of aromatic amines is 1. The van der Waals surface area contributed by atoms with Gasteiger partial charge in [0.2, 0.25) is 11.7 Å². The molecule has 32 heavy (non-hydrogen) atoms. The lowest BCUT2D eigenvalue weighted by Crippen LogP contribution is -2.22. The highest BCUT2D eigenvalue weighted by Crippen LogP contribution is 2.31. The first-order chi connectivity index (χ1) is 15.2. The zero-order valence-electron chi connectivity index (χ0n) is 16.8. The highest BCUT2D eigenvalue weighted by atomic mass is 19.4. The minimum absolute atomic E-state index is 0.180. The molecule has 1 amide bonds. The SMILES string of the molecule is COC(=O)C(CC(=O)Nc1ccc(C(=O)c2ncc[nH]2)cc1)c1ccc(C(F)(F)F)cc1. The van der Waals surface area contributed by atoms with Gasteiger partial charge in [0.15, 0.2) is 5.82 Å². The fourth-order valence-corrected chi connectivity index (χ4v) is 3.01. The summed E-state index contributed by atoms with van der Waals surface area (Å²) in [4.78, 5) is 43.4. The monoisotopic (exact) mass is 445 g/mol. The summed E-state index contributed by atoms with van der Waals surface area (Å²) in [5.41, 5.74) is 0.0927. The summed E-state index contributed by atoms with van der Waals surface area (Å²) in [7, 11) is 1.13. The fourth-order valence-electron chi connectivity index (χ4n) is 3.01. The van der Waals surface area contributed by atoms with Crippen molar-refractivity contribution in [1.82, 2.24) is 9.97 Å². The van der Waals surface area contributed by atoms with Crippen LogP contribution in [-0.4, -0.2) is 34.7 Å². The lowest BCUT2D eigenvalue weighted by molar-refractivity contribution is -0.143. The van der Waals surface area contributed by atoms with Gasteiger partial charge in [0.05, 0.1) is 18.6 Å². The summed E-state index contributed by atoms with van der Waals surface area (Å²) in [5, 5.41) is 2.60. The van der Waals surface area contributed by atoms with Crippen LogP contribution in [-0.2, 0) is 20.5 Å². The van der Waals surface area contributed by atoms with E-state index in [-0.39, 0.29) is 23.6 Å². The largest absolute Gasteiger partial charge is 0.469 e. The third-order valence-corrected chi connectivity index (χ3v) is 4.66. The van der Waals surface area contributed by atoms with E-state index in [0.29, 0.717) is 11.3 Å². The molecule has 0 saturated carbocycles. The molecule has 1 heterocycles. The molecular formula is C22H18F3N3O4. The Labute approximate surface area is 180 Å². The second kappa shape index (κ2) is 9.46. The summed E-state index contributed by atoms with van der Waals surface area (Å²) in [6.45, 7) is 0. The third-order valence-electron chi connectivity index (χ3n) is 4.66. The average molecular weight is 445 g/mol. The van der Waals surface area contributed by atoms with Crippen LogP contribution in [0.15, 0.2) is 60.9 Å². The summed E-state index contributed by atoms with van der Waals surface area (Å²) in [6, 6.07) is 10.0. The zero-order valence-corrected chi connectivity index (χ0v) is 16.8. The minimum atomic E-state index is -4.51. The number of amides is 1. The van der Waals surface area contributed by atoms with Crippen molar-refractivity contribution in [3.05, 3.63) is 83.4 Å². The standard InChI is InChI=1S/C22H18F3N3O4/c1-32-21(31)17(13-2-6-15(7-3-13)22(23,24)25)12-18(29)28-16-8-4-14(5-9-16)19(30)20-26-10-11-27-20/h2-11,17H,12H2,1H3,(H,26,27)(H,28,29). The van der Waals surface area contributed by atoms with Gasteiger partial charge in [0.25, 0.3) is 0 Å². The molecule has 1 atom stereocenters. The van der Waals surface area contributed by atoms with Gasteiger partial charge in [0.1, 0.15) is 0 Å². The van der Waals surface area contributed by atoms with Crippen LogP contribution in [0.4, 0.5) is 18.9 Å². The maximum atomic E-state index is 12.8. The van der Waals surface area contributed by atoms with Crippen LogP contribution in [0.25, 0.3) is 0 Å². The maximum absolute atomic E-state index is 12.8. The van der Waals surface area contributed by atoms with Gasteiger partial charge in [-0.15, -0.1) is 0 Å². The van der Waals surface area contributed by atoms with Crippen LogP contribution in [0.3, 0.4) is 0 Å². The zero-order chi connectivity index (χ0) is 23.3. The summed E-state index contributed by atoms with van der Waals surface area (Å²) >= 11 is 0. The summed E-state index contributed by atoms with van der Waals surface area (Å²) in [6.07, 6.45) is -1.88. The number of ether oxygens (including phenoxy) is 1. The Hall–Kier alpha value is -3.95. The lowest BCUT2D eigenvalue weighted by atomic mass is 9.94. The number of ketones is 1. The predicted molar refractivity (Wildman–Crippen MR) is 108 cm³/mol. The summed E-state index contributed by atoms with van der Waals surface area (Å²) < 4.78 is 43.0. The van der Waals surface area contributed by atoms with Crippen molar-refractivity contribution in [3.8, 4) is 0 Å². The number of carbonyl (C=O) groups excluding carboxylic acids is 3. The molecule has 2 N–H and O–H groups in total. The number of methoxy groups -OCH3 is 1. The summed E-state index contributed by atoms with van der Waals surface area (Å²) in [5.74, 6) is -2.52. The van der Waals surface area contributed by atoms with Crippen LogP contribution in [0.5, 0.6) is 0 Å². The quantitative estimate of drug-likeness (QED) is 0.424. The predicted octanol–water partition coefficient (Wildman–Crippen LogP) is 3.94. The van der Waals surface area contributed by atoms with Crippen molar-refractivity contribution < 1.29 is 32.3 Å². The van der Waals surface area contributed by atoms with Gasteiger partial charge in [-0.1, -0.05) is 12.1 Å². The number of hydrogen-bond acceptors (Lipinski definition) is 5. The maximum Gasteiger partial charge on any atom is 0.416 e. The van der Waals surface area contributed by atoms with Crippen molar-refractivity contribution in [2.24, 2.45) is 0 Å². The number of nitrogens with one attached hydrogen (secondary N) is 2. The Morgan fingerprint density at radius 3 is 2.25 bits per heavy atom. The van der Waals surface area contributed by atoms with Gasteiger partial charge in [-0.3, -0.25) is 14.4 Å². The van der Waals surface area contributed by atoms with Crippen LogP contribution in [0.1, 0.15) is 39.6 Å². The fraction of sp³-hybridized carbons (Fsp3) is 0.182. The van der Waals surface area contributed by atoms with Crippen molar-refractivity contribution in [1.29, 1.82) is 0 Å². The van der Waals surface area contributed by atoms with E-state index in [1.807, 2.05) is 0 Å². The van der Waals surface area contributed by atoms with E-state index in [4.69, 9.17) is 4.74 Å². The van der Waals surface area contributed by atoms with Gasteiger partial charge < -0.3 is 15.0 Å². The van der Waals surface area contributed by atoms with Gasteiger partial charge in [-0.05, 0) is 42.0 Å². The molecular weight excluding hydrogens is 427 g/mol. The minimum Gasteiger partial charge on any atom is -0.469 e. The Morgan fingerprint density at radius 1 is 1.06 bits per heavy atom. The van der Waals surface area contributed by atoms with Crippen LogP contribution >= 0.6 is 0 Å². The van der Waals surface area contributed by atoms with Crippen LogP contribution in [0.2, 0.25) is 0 Å². The molecule has 0 fully saturated rings. The van der Waals surface area contributed by atoms with Crippen molar-refractivity contribution >= 4 is 23.3 Å². The molecule has 0 bridgehead atoms. The third kappa shape index (κ3) is 5.39. The second-order valence-corrected chi connectivity index (χ2v) is 6.79. The molecule has 0 aliphatic heterocycles. The molecule has 0 spiro atoms.